The van der Waals surface area contributed by atoms with Crippen LogP contribution in [0.2, 0.25) is 0 Å². The molecule has 2 amide bonds. The number of primary amides is 1. The third-order valence-electron chi connectivity index (χ3n) is 2.35. The number of cyclic esters (lactones) is 1. The SMILES string of the molecule is CC(CC1CC(C)(C)OC1=O)=NNC(N)=O. The van der Waals surface area contributed by atoms with Crippen molar-refractivity contribution >= 4 is 17.7 Å². The van der Waals surface area contributed by atoms with Crippen molar-refractivity contribution in [2.75, 3.05) is 0 Å². The van der Waals surface area contributed by atoms with E-state index in [1.807, 2.05) is 13.8 Å². The first-order chi connectivity index (χ1) is 7.30. The van der Waals surface area contributed by atoms with E-state index in [4.69, 9.17) is 10.5 Å². The van der Waals surface area contributed by atoms with Gasteiger partial charge in [0, 0.05) is 18.6 Å². The molecular formula is C10H17N3O3. The molecule has 1 aliphatic heterocycles. The molecule has 0 aromatic heterocycles. The highest BCUT2D eigenvalue weighted by Gasteiger charge is 2.39. The Kier molecular flexibility index (Phi) is 3.51. The van der Waals surface area contributed by atoms with E-state index in [0.29, 0.717) is 18.6 Å². The van der Waals surface area contributed by atoms with Crippen LogP contribution in [0.15, 0.2) is 5.10 Å². The second-order valence-electron chi connectivity index (χ2n) is 4.61. The van der Waals surface area contributed by atoms with Gasteiger partial charge in [-0.2, -0.15) is 5.10 Å². The molecule has 1 fully saturated rings. The summed E-state index contributed by atoms with van der Waals surface area (Å²) in [5.74, 6) is -0.396. The third-order valence-corrected chi connectivity index (χ3v) is 2.35. The second-order valence-corrected chi connectivity index (χ2v) is 4.61. The fraction of sp³-hybridized carbons (Fsp3) is 0.700. The zero-order valence-electron chi connectivity index (χ0n) is 9.74. The molecule has 1 heterocycles. The van der Waals surface area contributed by atoms with Crippen LogP contribution in [0.4, 0.5) is 4.79 Å². The van der Waals surface area contributed by atoms with Crippen LogP contribution in [-0.4, -0.2) is 23.3 Å². The molecule has 1 saturated heterocycles. The Labute approximate surface area is 94.2 Å². The van der Waals surface area contributed by atoms with Crippen molar-refractivity contribution in [2.24, 2.45) is 16.8 Å². The first kappa shape index (κ1) is 12.5. The van der Waals surface area contributed by atoms with E-state index in [-0.39, 0.29) is 11.9 Å². The van der Waals surface area contributed by atoms with Crippen LogP contribution in [-0.2, 0) is 9.53 Å². The predicted molar refractivity (Wildman–Crippen MR) is 58.7 cm³/mol. The van der Waals surface area contributed by atoms with Crippen LogP contribution in [0.5, 0.6) is 0 Å². The molecule has 1 rings (SSSR count). The van der Waals surface area contributed by atoms with Gasteiger partial charge in [-0.05, 0) is 20.8 Å². The number of hydrogen-bond donors (Lipinski definition) is 2. The summed E-state index contributed by atoms with van der Waals surface area (Å²) < 4.78 is 5.18. The fourth-order valence-electron chi connectivity index (χ4n) is 1.78. The molecule has 6 heteroatoms. The summed E-state index contributed by atoms with van der Waals surface area (Å²) in [5.41, 5.74) is 7.25. The van der Waals surface area contributed by atoms with E-state index in [1.165, 1.54) is 0 Å². The number of nitrogens with two attached hydrogens (primary N) is 1. The minimum Gasteiger partial charge on any atom is -0.459 e. The topological polar surface area (TPSA) is 93.8 Å². The molecule has 0 aromatic carbocycles. The number of rotatable bonds is 3. The van der Waals surface area contributed by atoms with E-state index >= 15 is 0 Å². The number of amides is 2. The molecular weight excluding hydrogens is 210 g/mol. The molecule has 16 heavy (non-hydrogen) atoms. The van der Waals surface area contributed by atoms with Crippen molar-refractivity contribution in [3.63, 3.8) is 0 Å². The zero-order chi connectivity index (χ0) is 12.3. The lowest BCUT2D eigenvalue weighted by Gasteiger charge is -2.14. The highest BCUT2D eigenvalue weighted by Crippen LogP contribution is 2.32. The highest BCUT2D eigenvalue weighted by atomic mass is 16.6. The van der Waals surface area contributed by atoms with Gasteiger partial charge in [-0.3, -0.25) is 4.79 Å². The molecule has 0 spiro atoms. The molecule has 3 N–H and O–H groups in total. The zero-order valence-corrected chi connectivity index (χ0v) is 9.74. The van der Waals surface area contributed by atoms with Crippen molar-refractivity contribution in [3.8, 4) is 0 Å². The number of ether oxygens (including phenoxy) is 1. The summed E-state index contributed by atoms with van der Waals surface area (Å²) in [7, 11) is 0. The van der Waals surface area contributed by atoms with Crippen molar-refractivity contribution < 1.29 is 14.3 Å². The van der Waals surface area contributed by atoms with Crippen LogP contribution in [0.3, 0.4) is 0 Å². The minimum absolute atomic E-state index is 0.187. The maximum atomic E-state index is 11.5. The maximum absolute atomic E-state index is 11.5. The van der Waals surface area contributed by atoms with E-state index in [9.17, 15) is 9.59 Å². The molecule has 90 valence electrons. The van der Waals surface area contributed by atoms with Gasteiger partial charge in [0.25, 0.3) is 0 Å². The van der Waals surface area contributed by atoms with Gasteiger partial charge in [-0.15, -0.1) is 0 Å². The predicted octanol–water partition coefficient (Wildman–Crippen LogP) is 0.762. The summed E-state index contributed by atoms with van der Waals surface area (Å²) >= 11 is 0. The lowest BCUT2D eigenvalue weighted by Crippen LogP contribution is -2.26. The van der Waals surface area contributed by atoms with Crippen LogP contribution < -0.4 is 11.2 Å². The number of carbonyl (C=O) groups is 2. The number of hydrogen-bond acceptors (Lipinski definition) is 4. The quantitative estimate of drug-likeness (QED) is 0.423. The van der Waals surface area contributed by atoms with Gasteiger partial charge >= 0.3 is 12.0 Å². The van der Waals surface area contributed by atoms with Gasteiger partial charge in [-0.1, -0.05) is 0 Å². The van der Waals surface area contributed by atoms with Crippen LogP contribution >= 0.6 is 0 Å². The summed E-state index contributed by atoms with van der Waals surface area (Å²) in [5, 5.41) is 3.75. The van der Waals surface area contributed by atoms with Gasteiger partial charge in [0.1, 0.15) is 5.60 Å². The van der Waals surface area contributed by atoms with Crippen LogP contribution in [0, 0.1) is 5.92 Å². The van der Waals surface area contributed by atoms with Crippen LogP contribution in [0.1, 0.15) is 33.6 Å². The Hall–Kier alpha value is -1.59. The highest BCUT2D eigenvalue weighted by molar-refractivity contribution is 5.88. The summed E-state index contributed by atoms with van der Waals surface area (Å²) in [6, 6.07) is -0.714. The van der Waals surface area contributed by atoms with E-state index in [0.717, 1.165) is 0 Å². The van der Waals surface area contributed by atoms with E-state index in [2.05, 4.69) is 10.5 Å². The molecule has 6 nitrogen and oxygen atoms in total. The second kappa shape index (κ2) is 4.51. The standard InChI is InChI=1S/C10H17N3O3/c1-6(12-13-9(11)15)4-7-5-10(2,3)16-8(7)14/h7H,4-5H2,1-3H3,(H3,11,13,15). The number of carbonyl (C=O) groups excluding carboxylic acids is 2. The average molecular weight is 227 g/mol. The van der Waals surface area contributed by atoms with E-state index in [1.54, 1.807) is 6.92 Å². The smallest absolute Gasteiger partial charge is 0.332 e. The van der Waals surface area contributed by atoms with E-state index < -0.39 is 11.6 Å². The van der Waals surface area contributed by atoms with Gasteiger partial charge in [0.05, 0.1) is 5.92 Å². The molecule has 0 radical (unpaired) electrons. The molecule has 0 saturated carbocycles. The number of hydrazone groups is 1. The summed E-state index contributed by atoms with van der Waals surface area (Å²) in [6.45, 7) is 5.48. The summed E-state index contributed by atoms with van der Waals surface area (Å²) in [4.78, 5) is 21.9. The first-order valence-electron chi connectivity index (χ1n) is 5.11. The normalized spacial score (nSPS) is 24.1. The van der Waals surface area contributed by atoms with Gasteiger partial charge in [0.15, 0.2) is 0 Å². The van der Waals surface area contributed by atoms with Crippen LogP contribution in [0.25, 0.3) is 0 Å². The van der Waals surface area contributed by atoms with Crippen molar-refractivity contribution in [1.29, 1.82) is 0 Å². The molecule has 0 aliphatic carbocycles. The van der Waals surface area contributed by atoms with Crippen molar-refractivity contribution in [2.45, 2.75) is 39.2 Å². The fourth-order valence-corrected chi connectivity index (χ4v) is 1.78. The Bertz CT molecular complexity index is 336. The molecule has 1 aliphatic rings. The Morgan fingerprint density at radius 3 is 2.75 bits per heavy atom. The lowest BCUT2D eigenvalue weighted by atomic mass is 9.93. The number of esters is 1. The number of nitrogens with one attached hydrogen (secondary N) is 1. The Morgan fingerprint density at radius 2 is 2.31 bits per heavy atom. The Morgan fingerprint density at radius 1 is 1.69 bits per heavy atom. The number of nitrogens with zero attached hydrogens (tertiary/aromatic N) is 1. The molecule has 1 unspecified atom stereocenters. The summed E-state index contributed by atoms with van der Waals surface area (Å²) in [6.07, 6.45) is 1.14. The number of urea groups is 1. The molecule has 1 atom stereocenters. The van der Waals surface area contributed by atoms with Gasteiger partial charge < -0.3 is 10.5 Å². The first-order valence-corrected chi connectivity index (χ1v) is 5.11. The Balaban J connectivity index is 2.52. The molecule has 0 aromatic rings. The van der Waals surface area contributed by atoms with Crippen molar-refractivity contribution in [3.05, 3.63) is 0 Å². The molecule has 0 bridgehead atoms. The third kappa shape index (κ3) is 3.52. The monoisotopic (exact) mass is 227 g/mol. The minimum atomic E-state index is -0.714. The largest absolute Gasteiger partial charge is 0.459 e. The lowest BCUT2D eigenvalue weighted by molar-refractivity contribution is -0.148. The average Bonchev–Trinajstić information content (AvgIpc) is 2.36. The van der Waals surface area contributed by atoms with Crippen molar-refractivity contribution in [1.82, 2.24) is 5.43 Å². The van der Waals surface area contributed by atoms with Gasteiger partial charge in [-0.25, -0.2) is 10.2 Å². The maximum Gasteiger partial charge on any atom is 0.332 e. The van der Waals surface area contributed by atoms with Gasteiger partial charge in [0.2, 0.25) is 0 Å².